The third-order valence-corrected chi connectivity index (χ3v) is 5.26. The minimum Gasteiger partial charge on any atom is -0.357 e. The highest BCUT2D eigenvalue weighted by atomic mass is 15.2. The summed E-state index contributed by atoms with van der Waals surface area (Å²) in [6.45, 7) is 10.4. The molecule has 1 aromatic heterocycles. The second-order valence-corrected chi connectivity index (χ2v) is 7.61. The topological polar surface area (TPSA) is 68.3 Å². The number of aromatic amines is 1. The van der Waals surface area contributed by atoms with Gasteiger partial charge in [0.25, 0.3) is 0 Å². The highest BCUT2D eigenvalue weighted by Gasteiger charge is 2.14. The van der Waals surface area contributed by atoms with E-state index in [4.69, 9.17) is 0 Å². The van der Waals surface area contributed by atoms with Crippen molar-refractivity contribution in [3.8, 4) is 11.3 Å². The zero-order valence-electron chi connectivity index (χ0n) is 17.2. The first-order chi connectivity index (χ1) is 13.7. The molecule has 28 heavy (non-hydrogen) atoms. The van der Waals surface area contributed by atoms with Crippen LogP contribution in [-0.4, -0.2) is 53.6 Å². The van der Waals surface area contributed by atoms with Gasteiger partial charge >= 0.3 is 0 Å². The van der Waals surface area contributed by atoms with Gasteiger partial charge < -0.3 is 20.5 Å². The Morgan fingerprint density at radius 2 is 2.00 bits per heavy atom. The van der Waals surface area contributed by atoms with Crippen LogP contribution in [0.25, 0.3) is 11.3 Å². The summed E-state index contributed by atoms with van der Waals surface area (Å²) in [5.41, 5.74) is 2.17. The normalized spacial score (nSPS) is 16.3. The number of imidazole rings is 1. The lowest BCUT2D eigenvalue weighted by Gasteiger charge is -2.30. The quantitative estimate of drug-likeness (QED) is 0.372. The molecule has 1 aromatic carbocycles. The van der Waals surface area contributed by atoms with E-state index in [1.54, 1.807) is 0 Å². The van der Waals surface area contributed by atoms with E-state index in [0.29, 0.717) is 6.54 Å². The number of piperidine rings is 1. The number of rotatable bonds is 8. The van der Waals surface area contributed by atoms with E-state index < -0.39 is 0 Å². The maximum absolute atomic E-state index is 4.67. The summed E-state index contributed by atoms with van der Waals surface area (Å²) in [5, 5.41) is 6.77. The summed E-state index contributed by atoms with van der Waals surface area (Å²) in [6.07, 6.45) is 5.69. The first-order valence-corrected chi connectivity index (χ1v) is 10.6. The first kappa shape index (κ1) is 20.4. The monoisotopic (exact) mass is 382 g/mol. The molecule has 0 bridgehead atoms. The molecule has 0 aliphatic carbocycles. The second kappa shape index (κ2) is 10.9. The van der Waals surface area contributed by atoms with Crippen LogP contribution in [0.5, 0.6) is 0 Å². The second-order valence-electron chi connectivity index (χ2n) is 7.61. The number of nitrogens with zero attached hydrogens (tertiary/aromatic N) is 3. The van der Waals surface area contributed by atoms with Crippen molar-refractivity contribution in [1.29, 1.82) is 0 Å². The number of hydrogen-bond donors (Lipinski definition) is 3. The van der Waals surface area contributed by atoms with Crippen molar-refractivity contribution < 1.29 is 0 Å². The summed E-state index contributed by atoms with van der Waals surface area (Å²) in [4.78, 5) is 15.1. The molecule has 1 aliphatic heterocycles. The van der Waals surface area contributed by atoms with Crippen molar-refractivity contribution in [2.24, 2.45) is 10.9 Å². The Hall–Kier alpha value is -2.34. The van der Waals surface area contributed by atoms with E-state index in [0.717, 1.165) is 55.0 Å². The van der Waals surface area contributed by atoms with Gasteiger partial charge in [-0.15, -0.1) is 0 Å². The Bertz CT molecular complexity index is 716. The molecule has 1 aliphatic rings. The van der Waals surface area contributed by atoms with Crippen molar-refractivity contribution >= 4 is 5.96 Å². The Labute approximate surface area is 168 Å². The lowest BCUT2D eigenvalue weighted by atomic mass is 9.99. The van der Waals surface area contributed by atoms with Crippen molar-refractivity contribution in [3.05, 3.63) is 42.4 Å². The maximum Gasteiger partial charge on any atom is 0.191 e. The molecule has 1 saturated heterocycles. The van der Waals surface area contributed by atoms with E-state index in [1.807, 2.05) is 24.4 Å². The van der Waals surface area contributed by atoms with E-state index in [-0.39, 0.29) is 0 Å². The first-order valence-electron chi connectivity index (χ1n) is 10.6. The maximum atomic E-state index is 4.67. The van der Waals surface area contributed by atoms with Gasteiger partial charge in [0, 0.05) is 13.1 Å². The van der Waals surface area contributed by atoms with Gasteiger partial charge in [-0.3, -0.25) is 0 Å². The van der Waals surface area contributed by atoms with Gasteiger partial charge in [0.1, 0.15) is 12.4 Å². The number of aliphatic imine (C=N–C) groups is 1. The Morgan fingerprint density at radius 1 is 1.21 bits per heavy atom. The predicted molar refractivity (Wildman–Crippen MR) is 116 cm³/mol. The molecule has 0 atom stereocenters. The fourth-order valence-electron chi connectivity index (χ4n) is 3.50. The Balaban J connectivity index is 1.44. The van der Waals surface area contributed by atoms with Gasteiger partial charge in [-0.2, -0.15) is 0 Å². The van der Waals surface area contributed by atoms with Crippen molar-refractivity contribution in [1.82, 2.24) is 25.5 Å². The molecule has 0 radical (unpaired) electrons. The Kier molecular flexibility index (Phi) is 7.91. The third-order valence-electron chi connectivity index (χ3n) is 5.26. The summed E-state index contributed by atoms with van der Waals surface area (Å²) in [7, 11) is 0. The van der Waals surface area contributed by atoms with Crippen molar-refractivity contribution in [2.45, 2.75) is 39.7 Å². The smallest absolute Gasteiger partial charge is 0.191 e. The van der Waals surface area contributed by atoms with Gasteiger partial charge in [0.2, 0.25) is 0 Å². The summed E-state index contributed by atoms with van der Waals surface area (Å²) < 4.78 is 0. The number of aromatic nitrogens is 2. The van der Waals surface area contributed by atoms with Crippen LogP contribution >= 0.6 is 0 Å². The number of benzene rings is 1. The highest BCUT2D eigenvalue weighted by Crippen LogP contribution is 2.16. The molecule has 6 nitrogen and oxygen atoms in total. The van der Waals surface area contributed by atoms with Crippen LogP contribution in [0.3, 0.4) is 0 Å². The Morgan fingerprint density at radius 3 is 2.75 bits per heavy atom. The molecule has 3 N–H and O–H groups in total. The van der Waals surface area contributed by atoms with Crippen LogP contribution in [0.2, 0.25) is 0 Å². The fourth-order valence-corrected chi connectivity index (χ4v) is 3.50. The lowest BCUT2D eigenvalue weighted by Crippen LogP contribution is -2.39. The predicted octanol–water partition coefficient (Wildman–Crippen LogP) is 3.25. The highest BCUT2D eigenvalue weighted by molar-refractivity contribution is 5.79. The number of likely N-dealkylation sites (tertiary alicyclic amines) is 1. The van der Waals surface area contributed by atoms with Crippen LogP contribution in [0.4, 0.5) is 0 Å². The standard InChI is InChI=1S/C22H34N6/c1-3-23-22(24-12-7-13-28-14-10-18(2)11-15-28)26-17-21-25-16-20(27-21)19-8-5-4-6-9-19/h4-6,8-9,16,18H,3,7,10-15,17H2,1-2H3,(H,25,27)(H2,23,24,26). The third kappa shape index (κ3) is 6.37. The van der Waals surface area contributed by atoms with Gasteiger partial charge in [0.05, 0.1) is 11.9 Å². The molecule has 0 spiro atoms. The minimum absolute atomic E-state index is 0.534. The van der Waals surface area contributed by atoms with Crippen LogP contribution in [-0.2, 0) is 6.54 Å². The molecule has 2 aromatic rings. The van der Waals surface area contributed by atoms with E-state index in [1.165, 1.54) is 25.9 Å². The molecular weight excluding hydrogens is 348 g/mol. The van der Waals surface area contributed by atoms with Gasteiger partial charge in [0.15, 0.2) is 5.96 Å². The average molecular weight is 383 g/mol. The average Bonchev–Trinajstić information content (AvgIpc) is 3.20. The SMILES string of the molecule is CCNC(=NCc1ncc(-c2ccccc2)[nH]1)NCCCN1CCC(C)CC1. The van der Waals surface area contributed by atoms with Crippen LogP contribution in [0, 0.1) is 5.92 Å². The largest absolute Gasteiger partial charge is 0.357 e. The summed E-state index contributed by atoms with van der Waals surface area (Å²) in [6, 6.07) is 10.2. The zero-order valence-corrected chi connectivity index (χ0v) is 17.2. The molecule has 0 saturated carbocycles. The molecule has 0 unspecified atom stereocenters. The fraction of sp³-hybridized carbons (Fsp3) is 0.545. The number of H-pyrrole nitrogens is 1. The summed E-state index contributed by atoms with van der Waals surface area (Å²) in [5.74, 6) is 2.62. The molecular formula is C22H34N6. The molecule has 152 valence electrons. The molecule has 3 rings (SSSR count). The molecule has 1 fully saturated rings. The van der Waals surface area contributed by atoms with Crippen molar-refractivity contribution in [2.75, 3.05) is 32.7 Å². The van der Waals surface area contributed by atoms with Gasteiger partial charge in [-0.05, 0) is 57.3 Å². The summed E-state index contributed by atoms with van der Waals surface area (Å²) >= 11 is 0. The minimum atomic E-state index is 0.534. The van der Waals surface area contributed by atoms with Crippen LogP contribution < -0.4 is 10.6 Å². The number of hydrogen-bond acceptors (Lipinski definition) is 3. The molecule has 2 heterocycles. The number of nitrogens with one attached hydrogen (secondary N) is 3. The molecule has 6 heteroatoms. The van der Waals surface area contributed by atoms with E-state index in [9.17, 15) is 0 Å². The van der Waals surface area contributed by atoms with Gasteiger partial charge in [-0.25, -0.2) is 9.98 Å². The van der Waals surface area contributed by atoms with E-state index in [2.05, 4.69) is 56.5 Å². The van der Waals surface area contributed by atoms with Crippen LogP contribution in [0.1, 0.15) is 38.9 Å². The zero-order chi connectivity index (χ0) is 19.6. The van der Waals surface area contributed by atoms with Crippen LogP contribution in [0.15, 0.2) is 41.5 Å². The lowest BCUT2D eigenvalue weighted by molar-refractivity contribution is 0.191. The number of guanidine groups is 1. The van der Waals surface area contributed by atoms with E-state index >= 15 is 0 Å². The van der Waals surface area contributed by atoms with Crippen molar-refractivity contribution in [3.63, 3.8) is 0 Å². The molecule has 0 amide bonds. The van der Waals surface area contributed by atoms with Gasteiger partial charge in [-0.1, -0.05) is 37.3 Å².